The third-order valence-electron chi connectivity index (χ3n) is 10.8. The number of fused-ring (bicyclic) bond motifs is 8. The fourth-order valence-electron chi connectivity index (χ4n) is 8.42. The number of rotatable bonds is 3. The van der Waals surface area contributed by atoms with Crippen molar-refractivity contribution in [3.8, 4) is 39.1 Å². The van der Waals surface area contributed by atoms with E-state index in [-0.39, 0.29) is 5.41 Å². The van der Waals surface area contributed by atoms with Crippen molar-refractivity contribution in [2.24, 2.45) is 0 Å². The molecular weight excluding hydrogens is 579 g/mol. The van der Waals surface area contributed by atoms with Gasteiger partial charge >= 0.3 is 0 Å². The van der Waals surface area contributed by atoms with E-state index in [1.807, 2.05) is 0 Å². The minimum atomic E-state index is -0.0657. The van der Waals surface area contributed by atoms with Gasteiger partial charge in [-0.05, 0) is 102 Å². The smallest absolute Gasteiger partial charge is 0.0541 e. The van der Waals surface area contributed by atoms with Crippen LogP contribution in [0, 0.1) is 0 Å². The monoisotopic (exact) mass is 611 g/mol. The highest BCUT2D eigenvalue weighted by molar-refractivity contribution is 6.13. The highest BCUT2D eigenvalue weighted by Crippen LogP contribution is 2.49. The lowest BCUT2D eigenvalue weighted by molar-refractivity contribution is 0.660. The first-order chi connectivity index (χ1) is 23.6. The Hall–Kier alpha value is -5.92. The Bertz CT molecular complexity index is 2610. The molecule has 0 spiro atoms. The fraction of sp³-hybridized carbons (Fsp3) is 0.0638. The third-order valence-corrected chi connectivity index (χ3v) is 10.8. The van der Waals surface area contributed by atoms with Crippen molar-refractivity contribution in [1.29, 1.82) is 0 Å². The summed E-state index contributed by atoms with van der Waals surface area (Å²) in [4.78, 5) is 0. The first-order valence-electron chi connectivity index (χ1n) is 16.9. The van der Waals surface area contributed by atoms with E-state index in [0.29, 0.717) is 0 Å². The lowest BCUT2D eigenvalue weighted by atomic mass is 9.82. The van der Waals surface area contributed by atoms with Crippen molar-refractivity contribution in [3.63, 3.8) is 0 Å². The average Bonchev–Trinajstić information content (AvgIpc) is 3.58. The Morgan fingerprint density at radius 3 is 1.50 bits per heavy atom. The van der Waals surface area contributed by atoms with Crippen LogP contribution < -0.4 is 0 Å². The van der Waals surface area contributed by atoms with E-state index >= 15 is 0 Å². The Morgan fingerprint density at radius 1 is 0.375 bits per heavy atom. The number of hydrogen-bond acceptors (Lipinski definition) is 0. The Labute approximate surface area is 280 Å². The minimum absolute atomic E-state index is 0.0657. The molecule has 1 nitrogen and oxygen atoms in total. The van der Waals surface area contributed by atoms with Gasteiger partial charge in [0.25, 0.3) is 0 Å². The molecule has 9 aromatic rings. The molecule has 0 amide bonds. The fourth-order valence-corrected chi connectivity index (χ4v) is 8.42. The second-order valence-electron chi connectivity index (χ2n) is 13.8. The molecule has 48 heavy (non-hydrogen) atoms. The van der Waals surface area contributed by atoms with Crippen LogP contribution in [-0.4, -0.2) is 4.57 Å². The van der Waals surface area contributed by atoms with Crippen molar-refractivity contribution in [3.05, 3.63) is 175 Å². The zero-order chi connectivity index (χ0) is 32.0. The van der Waals surface area contributed by atoms with E-state index in [1.54, 1.807) is 0 Å². The van der Waals surface area contributed by atoms with Crippen molar-refractivity contribution < 1.29 is 0 Å². The standard InChI is InChI=1S/C47H33N/c1-47(2)43-20-8-7-17-39(43)40-24-23-34(29-44(40)47)48-45-25-21-32(37-18-9-13-30-11-3-5-15-35(30)37)27-41(45)42-28-33(22-26-46(42)48)38-19-10-14-31-12-4-6-16-36(31)38/h3-29H,1-2H3. The van der Waals surface area contributed by atoms with Crippen molar-refractivity contribution >= 4 is 43.4 Å². The predicted molar refractivity (Wildman–Crippen MR) is 204 cm³/mol. The van der Waals surface area contributed by atoms with Gasteiger partial charge in [0.05, 0.1) is 11.0 Å². The van der Waals surface area contributed by atoms with Crippen LogP contribution in [0.15, 0.2) is 164 Å². The predicted octanol–water partition coefficient (Wildman–Crippen LogP) is 12.7. The molecule has 0 unspecified atom stereocenters. The molecule has 1 aromatic heterocycles. The van der Waals surface area contributed by atoms with E-state index in [1.165, 1.54) is 93.5 Å². The highest BCUT2D eigenvalue weighted by Gasteiger charge is 2.35. The molecule has 1 aliphatic rings. The molecular formula is C47H33N. The van der Waals surface area contributed by atoms with Gasteiger partial charge in [0, 0.05) is 21.9 Å². The molecule has 0 saturated heterocycles. The van der Waals surface area contributed by atoms with E-state index in [2.05, 4.69) is 182 Å². The molecule has 1 aliphatic carbocycles. The zero-order valence-electron chi connectivity index (χ0n) is 27.0. The largest absolute Gasteiger partial charge is 0.309 e. The molecule has 0 saturated carbocycles. The summed E-state index contributed by atoms with van der Waals surface area (Å²) in [6.45, 7) is 4.72. The molecule has 8 aromatic carbocycles. The van der Waals surface area contributed by atoms with E-state index in [9.17, 15) is 0 Å². The number of aromatic nitrogens is 1. The Kier molecular flexibility index (Phi) is 5.69. The Morgan fingerprint density at radius 2 is 0.875 bits per heavy atom. The molecule has 0 fully saturated rings. The average molecular weight is 612 g/mol. The normalized spacial score (nSPS) is 13.4. The van der Waals surface area contributed by atoms with Gasteiger partial charge in [-0.3, -0.25) is 0 Å². The second kappa shape index (κ2) is 10.0. The van der Waals surface area contributed by atoms with Crippen molar-refractivity contribution in [2.75, 3.05) is 0 Å². The lowest BCUT2D eigenvalue weighted by Crippen LogP contribution is -2.15. The van der Waals surface area contributed by atoms with Gasteiger partial charge in [-0.25, -0.2) is 0 Å². The topological polar surface area (TPSA) is 4.93 Å². The molecule has 0 atom stereocenters. The molecule has 0 radical (unpaired) electrons. The Balaban J connectivity index is 1.25. The van der Waals surface area contributed by atoms with Crippen LogP contribution in [-0.2, 0) is 5.41 Å². The number of benzene rings is 8. The van der Waals surface area contributed by atoms with Gasteiger partial charge in [-0.1, -0.05) is 141 Å². The maximum absolute atomic E-state index is 2.48. The van der Waals surface area contributed by atoms with Gasteiger partial charge in [0.15, 0.2) is 0 Å². The second-order valence-corrected chi connectivity index (χ2v) is 13.8. The first kappa shape index (κ1) is 27.2. The van der Waals surface area contributed by atoms with Gasteiger partial charge in [0.2, 0.25) is 0 Å². The van der Waals surface area contributed by atoms with E-state index in [0.717, 1.165) is 0 Å². The summed E-state index contributed by atoms with van der Waals surface area (Å²) in [7, 11) is 0. The van der Waals surface area contributed by atoms with Crippen molar-refractivity contribution in [1.82, 2.24) is 4.57 Å². The van der Waals surface area contributed by atoms with E-state index in [4.69, 9.17) is 0 Å². The van der Waals surface area contributed by atoms with Crippen molar-refractivity contribution in [2.45, 2.75) is 19.3 Å². The van der Waals surface area contributed by atoms with Crippen LogP contribution in [0.5, 0.6) is 0 Å². The summed E-state index contributed by atoms with van der Waals surface area (Å²) in [6.07, 6.45) is 0. The summed E-state index contributed by atoms with van der Waals surface area (Å²) in [5.41, 5.74) is 14.1. The van der Waals surface area contributed by atoms with Crippen LogP contribution >= 0.6 is 0 Å². The summed E-state index contributed by atoms with van der Waals surface area (Å²) < 4.78 is 2.48. The zero-order valence-corrected chi connectivity index (χ0v) is 27.0. The molecule has 0 aliphatic heterocycles. The molecule has 1 heteroatoms. The molecule has 10 rings (SSSR count). The van der Waals surface area contributed by atoms with Crippen LogP contribution in [0.4, 0.5) is 0 Å². The van der Waals surface area contributed by atoms with Crippen LogP contribution in [0.25, 0.3) is 82.4 Å². The van der Waals surface area contributed by atoms with E-state index < -0.39 is 0 Å². The minimum Gasteiger partial charge on any atom is -0.309 e. The van der Waals surface area contributed by atoms with Crippen LogP contribution in [0.2, 0.25) is 0 Å². The summed E-state index contributed by atoms with van der Waals surface area (Å²) in [5, 5.41) is 7.61. The van der Waals surface area contributed by atoms with Gasteiger partial charge in [0.1, 0.15) is 0 Å². The first-order valence-corrected chi connectivity index (χ1v) is 16.9. The number of hydrogen-bond donors (Lipinski definition) is 0. The maximum atomic E-state index is 2.48. The molecule has 226 valence electrons. The highest BCUT2D eigenvalue weighted by atomic mass is 15.0. The quantitative estimate of drug-likeness (QED) is 0.187. The summed E-state index contributed by atoms with van der Waals surface area (Å²) in [6, 6.07) is 60.7. The summed E-state index contributed by atoms with van der Waals surface area (Å²) in [5.74, 6) is 0. The van der Waals surface area contributed by atoms with Gasteiger partial charge in [-0.2, -0.15) is 0 Å². The van der Waals surface area contributed by atoms with Crippen LogP contribution in [0.1, 0.15) is 25.0 Å². The van der Waals surface area contributed by atoms with Gasteiger partial charge in [-0.15, -0.1) is 0 Å². The molecule has 1 heterocycles. The summed E-state index contributed by atoms with van der Waals surface area (Å²) >= 11 is 0. The maximum Gasteiger partial charge on any atom is 0.0541 e. The van der Waals surface area contributed by atoms with Crippen LogP contribution in [0.3, 0.4) is 0 Å². The third kappa shape index (κ3) is 3.85. The molecule has 0 bridgehead atoms. The lowest BCUT2D eigenvalue weighted by Gasteiger charge is -2.22. The van der Waals surface area contributed by atoms with Gasteiger partial charge < -0.3 is 4.57 Å². The SMILES string of the molecule is CC1(C)c2ccccc2-c2ccc(-n3c4ccc(-c5cccc6ccccc56)cc4c4cc(-c5cccc6ccccc56)ccc43)cc21. The molecule has 0 N–H and O–H groups in total. The number of nitrogens with zero attached hydrogens (tertiary/aromatic N) is 1.